The van der Waals surface area contributed by atoms with E-state index in [2.05, 4.69) is 38.3 Å². The summed E-state index contributed by atoms with van der Waals surface area (Å²) in [5, 5.41) is 26.2. The molecule has 4 N–H and O–H groups in total. The molecule has 0 fully saturated rings. The van der Waals surface area contributed by atoms with Gasteiger partial charge in [-0.15, -0.1) is 0 Å². The second-order valence-corrected chi connectivity index (χ2v) is 10.0. The van der Waals surface area contributed by atoms with Gasteiger partial charge in [0.2, 0.25) is 0 Å². The first-order valence-electron chi connectivity index (χ1n) is 12.5. The number of hydrogen-bond acceptors (Lipinski definition) is 4. The van der Waals surface area contributed by atoms with Crippen LogP contribution in [0.1, 0.15) is 72.4 Å². The third-order valence-electron chi connectivity index (χ3n) is 6.06. The van der Waals surface area contributed by atoms with E-state index in [-0.39, 0.29) is 22.6 Å². The van der Waals surface area contributed by atoms with Gasteiger partial charge in [0.05, 0.1) is 22.5 Å². The summed E-state index contributed by atoms with van der Waals surface area (Å²) in [5.74, 6) is -0.0991. The van der Waals surface area contributed by atoms with E-state index in [1.54, 1.807) is 36.4 Å². The van der Waals surface area contributed by atoms with E-state index < -0.39 is 11.8 Å². The molecule has 3 rings (SSSR count). The Morgan fingerprint density at radius 2 is 1.06 bits per heavy atom. The molecule has 0 bridgehead atoms. The van der Waals surface area contributed by atoms with Crippen LogP contribution in [-0.4, -0.2) is 22.0 Å². The van der Waals surface area contributed by atoms with Crippen LogP contribution in [0.3, 0.4) is 0 Å². The Labute approximate surface area is 213 Å². The number of phenolic OH excluding ortho intramolecular Hbond substituents is 2. The van der Waals surface area contributed by atoms with Crippen molar-refractivity contribution < 1.29 is 19.8 Å². The number of carbonyl (C=O) groups excluding carboxylic acids is 2. The number of para-hydroxylation sites is 2. The molecule has 0 aromatic heterocycles. The highest BCUT2D eigenvalue weighted by atomic mass is 16.3. The van der Waals surface area contributed by atoms with Crippen LogP contribution in [0.4, 0.5) is 11.4 Å². The molecule has 0 radical (unpaired) electrons. The summed E-state index contributed by atoms with van der Waals surface area (Å²) in [5.41, 5.74) is 3.07. The lowest BCUT2D eigenvalue weighted by molar-refractivity contribution is 0.101. The summed E-state index contributed by atoms with van der Waals surface area (Å²) in [6, 6.07) is 17.0. The molecule has 0 aliphatic carbocycles. The minimum absolute atomic E-state index is 0.106. The number of rotatable bonds is 10. The molecule has 190 valence electrons. The highest BCUT2D eigenvalue weighted by molar-refractivity contribution is 6.11. The van der Waals surface area contributed by atoms with Crippen LogP contribution in [0.2, 0.25) is 0 Å². The van der Waals surface area contributed by atoms with Gasteiger partial charge in [0.1, 0.15) is 11.5 Å². The quantitative estimate of drug-likeness (QED) is 0.253. The van der Waals surface area contributed by atoms with E-state index in [0.29, 0.717) is 23.2 Å². The summed E-state index contributed by atoms with van der Waals surface area (Å²) in [4.78, 5) is 26.1. The molecule has 3 aromatic rings. The first kappa shape index (κ1) is 26.8. The summed E-state index contributed by atoms with van der Waals surface area (Å²) in [7, 11) is 0. The molecule has 0 aliphatic heterocycles. The largest absolute Gasteiger partial charge is 0.507 e. The van der Waals surface area contributed by atoms with Crippen molar-refractivity contribution in [1.29, 1.82) is 0 Å². The van der Waals surface area contributed by atoms with Crippen LogP contribution in [0, 0.1) is 11.8 Å². The topological polar surface area (TPSA) is 98.7 Å². The highest BCUT2D eigenvalue weighted by Gasteiger charge is 2.17. The van der Waals surface area contributed by atoms with Gasteiger partial charge >= 0.3 is 0 Å². The maximum absolute atomic E-state index is 13.0. The van der Waals surface area contributed by atoms with Gasteiger partial charge < -0.3 is 20.8 Å². The summed E-state index contributed by atoms with van der Waals surface area (Å²) in [6.45, 7) is 8.56. The number of hydrogen-bond donors (Lipinski definition) is 4. The minimum Gasteiger partial charge on any atom is -0.507 e. The smallest absolute Gasteiger partial charge is 0.259 e. The fourth-order valence-corrected chi connectivity index (χ4v) is 3.83. The van der Waals surface area contributed by atoms with E-state index in [1.807, 2.05) is 12.1 Å². The predicted molar refractivity (Wildman–Crippen MR) is 145 cm³/mol. The fourth-order valence-electron chi connectivity index (χ4n) is 3.83. The second-order valence-electron chi connectivity index (χ2n) is 10.0. The van der Waals surface area contributed by atoms with Gasteiger partial charge in [0, 0.05) is 0 Å². The lowest BCUT2D eigenvalue weighted by Crippen LogP contribution is -2.17. The average molecular weight is 489 g/mol. The van der Waals surface area contributed by atoms with Crippen molar-refractivity contribution in [3.8, 4) is 11.5 Å². The monoisotopic (exact) mass is 488 g/mol. The van der Waals surface area contributed by atoms with Crippen LogP contribution in [0.25, 0.3) is 0 Å². The first-order chi connectivity index (χ1) is 17.1. The average Bonchev–Trinajstić information content (AvgIpc) is 2.84. The second kappa shape index (κ2) is 12.2. The molecule has 6 heteroatoms. The normalized spacial score (nSPS) is 11.1. The Morgan fingerprint density at radius 1 is 0.667 bits per heavy atom. The van der Waals surface area contributed by atoms with Crippen molar-refractivity contribution in [1.82, 2.24) is 0 Å². The maximum Gasteiger partial charge on any atom is 0.259 e. The van der Waals surface area contributed by atoms with E-state index in [0.717, 1.165) is 36.8 Å². The summed E-state index contributed by atoms with van der Waals surface area (Å²) < 4.78 is 0. The van der Waals surface area contributed by atoms with E-state index in [4.69, 9.17) is 0 Å². The van der Waals surface area contributed by atoms with Gasteiger partial charge in [-0.1, -0.05) is 52.0 Å². The number of aromatic hydroxyl groups is 2. The summed E-state index contributed by atoms with van der Waals surface area (Å²) in [6.07, 6.45) is 3.58. The van der Waals surface area contributed by atoms with E-state index in [1.165, 1.54) is 12.1 Å². The number of benzene rings is 3. The molecule has 0 heterocycles. The molecule has 6 nitrogen and oxygen atoms in total. The van der Waals surface area contributed by atoms with Crippen LogP contribution in [-0.2, 0) is 12.8 Å². The van der Waals surface area contributed by atoms with Crippen molar-refractivity contribution >= 4 is 23.2 Å². The van der Waals surface area contributed by atoms with Crippen molar-refractivity contribution in [2.24, 2.45) is 11.8 Å². The molecule has 0 saturated heterocycles. The molecule has 0 atom stereocenters. The zero-order valence-electron chi connectivity index (χ0n) is 21.5. The predicted octanol–water partition coefficient (Wildman–Crippen LogP) is 6.78. The Morgan fingerprint density at radius 3 is 1.42 bits per heavy atom. The number of nitrogens with one attached hydrogen (secondary N) is 2. The van der Waals surface area contributed by atoms with Gasteiger partial charge in [-0.2, -0.15) is 0 Å². The Balaban J connectivity index is 1.78. The first-order valence-corrected chi connectivity index (χ1v) is 12.5. The lowest BCUT2D eigenvalue weighted by Gasteiger charge is -2.14. The molecular formula is C30H36N2O4. The van der Waals surface area contributed by atoms with E-state index in [9.17, 15) is 19.8 Å². The highest BCUT2D eigenvalue weighted by Crippen LogP contribution is 2.27. The molecule has 36 heavy (non-hydrogen) atoms. The Bertz CT molecular complexity index is 1120. The maximum atomic E-state index is 13.0. The van der Waals surface area contributed by atoms with Gasteiger partial charge in [0.15, 0.2) is 0 Å². The van der Waals surface area contributed by atoms with Crippen molar-refractivity contribution in [2.45, 2.75) is 53.4 Å². The standard InChI is InChI=1S/C30H36N2O4/c1-19(2)9-11-21-13-15-27(33)23(17-21)29(35)31-25-7-5-6-8-26(25)32-30(36)24-18-22(12-10-20(3)4)14-16-28(24)34/h5-8,13-20,33-34H,9-12H2,1-4H3,(H,31,35)(H,32,36). The number of anilines is 2. The number of phenols is 2. The number of aryl methyl sites for hydroxylation is 2. The van der Waals surface area contributed by atoms with Crippen molar-refractivity contribution in [3.63, 3.8) is 0 Å². The molecule has 0 saturated carbocycles. The van der Waals surface area contributed by atoms with Crippen molar-refractivity contribution in [3.05, 3.63) is 82.9 Å². The van der Waals surface area contributed by atoms with E-state index >= 15 is 0 Å². The van der Waals surface area contributed by atoms with Crippen LogP contribution < -0.4 is 10.6 Å². The Kier molecular flexibility index (Phi) is 9.12. The molecule has 0 aliphatic rings. The number of carbonyl (C=O) groups is 2. The molecule has 3 aromatic carbocycles. The summed E-state index contributed by atoms with van der Waals surface area (Å²) >= 11 is 0. The van der Waals surface area contributed by atoms with Crippen molar-refractivity contribution in [2.75, 3.05) is 10.6 Å². The fraction of sp³-hybridized carbons (Fsp3) is 0.333. The lowest BCUT2D eigenvalue weighted by atomic mass is 10.00. The van der Waals surface area contributed by atoms with Gasteiger partial charge in [-0.05, 0) is 85.0 Å². The molecule has 0 spiro atoms. The van der Waals surface area contributed by atoms with Crippen LogP contribution >= 0.6 is 0 Å². The minimum atomic E-state index is -0.473. The zero-order valence-corrected chi connectivity index (χ0v) is 21.5. The zero-order chi connectivity index (χ0) is 26.2. The van der Waals surface area contributed by atoms with Crippen LogP contribution in [0.15, 0.2) is 60.7 Å². The number of amides is 2. The van der Waals surface area contributed by atoms with Gasteiger partial charge in [-0.25, -0.2) is 0 Å². The molecule has 0 unspecified atom stereocenters. The SMILES string of the molecule is CC(C)CCc1ccc(O)c(C(=O)Nc2ccccc2NC(=O)c2cc(CCC(C)C)ccc2O)c1. The van der Waals surface area contributed by atoms with Gasteiger partial charge in [0.25, 0.3) is 11.8 Å². The third-order valence-corrected chi connectivity index (χ3v) is 6.06. The van der Waals surface area contributed by atoms with Crippen LogP contribution in [0.5, 0.6) is 11.5 Å². The third kappa shape index (κ3) is 7.35. The molecular weight excluding hydrogens is 452 g/mol. The Hall–Kier alpha value is -3.80. The van der Waals surface area contributed by atoms with Gasteiger partial charge in [-0.3, -0.25) is 9.59 Å². The molecule has 2 amide bonds.